The number of aliphatic hydroxyl groups is 1. The zero-order chi connectivity index (χ0) is 21.6. The molecule has 1 amide bonds. The van der Waals surface area contributed by atoms with Gasteiger partial charge < -0.3 is 16.2 Å². The number of carbonyl (C=O) groups is 1. The average molecular weight is 424 g/mol. The number of amides is 1. The van der Waals surface area contributed by atoms with E-state index in [4.69, 9.17) is 5.73 Å². The van der Waals surface area contributed by atoms with Crippen molar-refractivity contribution in [2.75, 3.05) is 19.6 Å². The Hall–Kier alpha value is -2.35. The molecule has 4 rings (SSSR count). The van der Waals surface area contributed by atoms with Gasteiger partial charge in [-0.1, -0.05) is 24.3 Å². The molecule has 0 bridgehead atoms. The van der Waals surface area contributed by atoms with Crippen molar-refractivity contribution in [2.24, 2.45) is 11.7 Å². The first kappa shape index (κ1) is 21.9. The van der Waals surface area contributed by atoms with Crippen LogP contribution in [-0.2, 0) is 19.4 Å². The number of rotatable bonds is 7. The summed E-state index contributed by atoms with van der Waals surface area (Å²) in [5, 5.41) is 13.3. The van der Waals surface area contributed by atoms with E-state index in [-0.39, 0.29) is 12.5 Å². The number of benzene rings is 1. The lowest BCUT2D eigenvalue weighted by molar-refractivity contribution is 0.0838. The molecule has 1 aromatic carbocycles. The number of nitrogens with zero attached hydrogens (tertiary/aromatic N) is 3. The van der Waals surface area contributed by atoms with E-state index in [2.05, 4.69) is 44.5 Å². The Morgan fingerprint density at radius 3 is 2.77 bits per heavy atom. The van der Waals surface area contributed by atoms with Crippen LogP contribution in [0.25, 0.3) is 0 Å². The predicted octanol–water partition coefficient (Wildman–Crippen LogP) is 1.69. The number of fused-ring (bicyclic) bond motifs is 1. The second-order valence-corrected chi connectivity index (χ2v) is 9.00. The van der Waals surface area contributed by atoms with Crippen LogP contribution in [0.15, 0.2) is 36.7 Å². The highest BCUT2D eigenvalue weighted by atomic mass is 16.3. The van der Waals surface area contributed by atoms with E-state index in [1.54, 1.807) is 6.07 Å². The van der Waals surface area contributed by atoms with Crippen LogP contribution in [0.5, 0.6) is 0 Å². The second kappa shape index (κ2) is 10.3. The third kappa shape index (κ3) is 6.09. The van der Waals surface area contributed by atoms with E-state index in [0.717, 1.165) is 57.3 Å². The molecule has 0 radical (unpaired) electrons. The average Bonchev–Trinajstić information content (AvgIpc) is 2.79. The van der Waals surface area contributed by atoms with Gasteiger partial charge in [0.1, 0.15) is 12.0 Å². The Balaban J connectivity index is 1.24. The highest BCUT2D eigenvalue weighted by Gasteiger charge is 2.21. The van der Waals surface area contributed by atoms with E-state index in [0.29, 0.717) is 24.2 Å². The van der Waals surface area contributed by atoms with Crippen LogP contribution >= 0.6 is 0 Å². The van der Waals surface area contributed by atoms with E-state index in [9.17, 15) is 9.90 Å². The molecule has 1 atom stereocenters. The van der Waals surface area contributed by atoms with Crippen LogP contribution in [0.2, 0.25) is 0 Å². The molecule has 1 aliphatic carbocycles. The summed E-state index contributed by atoms with van der Waals surface area (Å²) in [6.07, 6.45) is 7.02. The number of nitrogens with one attached hydrogen (secondary N) is 1. The standard InChI is InChI=1S/C24H33N5O2/c25-20-7-5-17(6-8-20)11-21-12-23(28-16-27-21)24(31)26-13-22(30)15-29-10-9-18-3-1-2-4-19(18)14-29/h1-4,12,16-17,20,22,30H,5-11,13-15,25H2,(H,26,31)/t17?,20?,22-/m0/s1. The molecular formula is C24H33N5O2. The van der Waals surface area contributed by atoms with Gasteiger partial charge in [0.2, 0.25) is 0 Å². The Labute approximate surface area is 184 Å². The Morgan fingerprint density at radius 1 is 1.19 bits per heavy atom. The van der Waals surface area contributed by atoms with Crippen LogP contribution in [0, 0.1) is 5.92 Å². The number of hydrogen-bond acceptors (Lipinski definition) is 6. The maximum atomic E-state index is 12.5. The maximum Gasteiger partial charge on any atom is 0.270 e. The summed E-state index contributed by atoms with van der Waals surface area (Å²) in [7, 11) is 0. The van der Waals surface area contributed by atoms with Crippen molar-refractivity contribution in [3.63, 3.8) is 0 Å². The number of nitrogens with two attached hydrogens (primary N) is 1. The van der Waals surface area contributed by atoms with Crippen molar-refractivity contribution in [1.29, 1.82) is 0 Å². The van der Waals surface area contributed by atoms with Gasteiger partial charge in [0.05, 0.1) is 6.10 Å². The van der Waals surface area contributed by atoms with Gasteiger partial charge in [-0.15, -0.1) is 0 Å². The van der Waals surface area contributed by atoms with Gasteiger partial charge in [0.25, 0.3) is 5.91 Å². The molecule has 1 fully saturated rings. The smallest absolute Gasteiger partial charge is 0.270 e. The molecule has 1 aromatic heterocycles. The van der Waals surface area contributed by atoms with Crippen molar-refractivity contribution < 1.29 is 9.90 Å². The third-order valence-corrected chi connectivity index (χ3v) is 6.52. The Morgan fingerprint density at radius 2 is 1.97 bits per heavy atom. The highest BCUT2D eigenvalue weighted by Crippen LogP contribution is 2.26. The van der Waals surface area contributed by atoms with Crippen LogP contribution in [0.3, 0.4) is 0 Å². The fourth-order valence-corrected chi connectivity index (χ4v) is 4.70. The SMILES string of the molecule is NC1CCC(Cc2cc(C(=O)NC[C@H](O)CN3CCc4ccccc4C3)ncn2)CC1. The van der Waals surface area contributed by atoms with Crippen LogP contribution in [0.1, 0.15) is 53.0 Å². The predicted molar refractivity (Wildman–Crippen MR) is 119 cm³/mol. The molecule has 2 aromatic rings. The highest BCUT2D eigenvalue weighted by molar-refractivity contribution is 5.92. The number of carbonyl (C=O) groups excluding carboxylic acids is 1. The van der Waals surface area contributed by atoms with Gasteiger partial charge in [-0.3, -0.25) is 9.69 Å². The normalized spacial score (nSPS) is 22.5. The lowest BCUT2D eigenvalue weighted by Gasteiger charge is -2.30. The molecule has 2 aliphatic rings. The molecule has 7 nitrogen and oxygen atoms in total. The van der Waals surface area contributed by atoms with Gasteiger partial charge in [-0.25, -0.2) is 9.97 Å². The van der Waals surface area contributed by atoms with Gasteiger partial charge in [0.15, 0.2) is 0 Å². The maximum absolute atomic E-state index is 12.5. The van der Waals surface area contributed by atoms with E-state index in [1.807, 2.05) is 0 Å². The first-order valence-corrected chi connectivity index (χ1v) is 11.4. The van der Waals surface area contributed by atoms with Gasteiger partial charge >= 0.3 is 0 Å². The first-order valence-electron chi connectivity index (χ1n) is 11.4. The Bertz CT molecular complexity index is 882. The molecule has 2 heterocycles. The monoisotopic (exact) mass is 423 g/mol. The topological polar surface area (TPSA) is 104 Å². The quantitative estimate of drug-likeness (QED) is 0.626. The van der Waals surface area contributed by atoms with Crippen molar-refractivity contribution in [3.8, 4) is 0 Å². The summed E-state index contributed by atoms with van der Waals surface area (Å²) in [5.74, 6) is 0.305. The van der Waals surface area contributed by atoms with Crippen molar-refractivity contribution >= 4 is 5.91 Å². The summed E-state index contributed by atoms with van der Waals surface area (Å²) in [5.41, 5.74) is 9.95. The van der Waals surface area contributed by atoms with Gasteiger partial charge in [-0.05, 0) is 61.6 Å². The van der Waals surface area contributed by atoms with E-state index >= 15 is 0 Å². The van der Waals surface area contributed by atoms with Crippen LogP contribution in [-0.4, -0.2) is 57.7 Å². The van der Waals surface area contributed by atoms with Crippen molar-refractivity contribution in [3.05, 3.63) is 59.2 Å². The molecule has 4 N–H and O–H groups in total. The number of aromatic nitrogens is 2. The molecule has 166 valence electrons. The zero-order valence-corrected chi connectivity index (χ0v) is 18.0. The molecule has 7 heteroatoms. The fourth-order valence-electron chi connectivity index (χ4n) is 4.70. The van der Waals surface area contributed by atoms with E-state index < -0.39 is 6.10 Å². The van der Waals surface area contributed by atoms with Crippen molar-refractivity contribution in [1.82, 2.24) is 20.2 Å². The largest absolute Gasteiger partial charge is 0.390 e. The van der Waals surface area contributed by atoms with Crippen LogP contribution < -0.4 is 11.1 Å². The summed E-state index contributed by atoms with van der Waals surface area (Å²) in [6, 6.07) is 10.5. The molecule has 0 spiro atoms. The lowest BCUT2D eigenvalue weighted by atomic mass is 9.84. The summed E-state index contributed by atoms with van der Waals surface area (Å²) in [4.78, 5) is 23.3. The minimum atomic E-state index is -0.623. The third-order valence-electron chi connectivity index (χ3n) is 6.52. The fraction of sp³-hybridized carbons (Fsp3) is 0.542. The van der Waals surface area contributed by atoms with Crippen molar-refractivity contribution in [2.45, 2.75) is 57.2 Å². The first-order chi connectivity index (χ1) is 15.1. The van der Waals surface area contributed by atoms with E-state index in [1.165, 1.54) is 17.5 Å². The summed E-state index contributed by atoms with van der Waals surface area (Å²) >= 11 is 0. The van der Waals surface area contributed by atoms with Gasteiger partial charge in [0, 0.05) is 37.9 Å². The Kier molecular flexibility index (Phi) is 7.27. The minimum Gasteiger partial charge on any atom is -0.390 e. The number of hydrogen-bond donors (Lipinski definition) is 3. The van der Waals surface area contributed by atoms with Crippen LogP contribution in [0.4, 0.5) is 0 Å². The molecular weight excluding hydrogens is 390 g/mol. The molecule has 0 saturated heterocycles. The minimum absolute atomic E-state index is 0.205. The second-order valence-electron chi connectivity index (χ2n) is 9.00. The zero-order valence-electron chi connectivity index (χ0n) is 18.0. The molecule has 31 heavy (non-hydrogen) atoms. The lowest BCUT2D eigenvalue weighted by Crippen LogP contribution is -2.42. The number of aliphatic hydroxyl groups excluding tert-OH is 1. The summed E-state index contributed by atoms with van der Waals surface area (Å²) in [6.45, 7) is 2.50. The summed E-state index contributed by atoms with van der Waals surface area (Å²) < 4.78 is 0. The molecule has 1 aliphatic heterocycles. The number of β-amino-alcohol motifs (C(OH)–C–C–N with tert-alkyl or cyclic N) is 1. The molecule has 0 unspecified atom stereocenters. The van der Waals surface area contributed by atoms with Gasteiger partial charge in [-0.2, -0.15) is 0 Å². The molecule has 1 saturated carbocycles.